The fourth-order valence-electron chi connectivity index (χ4n) is 1.24. The van der Waals surface area contributed by atoms with Crippen LogP contribution in [0.25, 0.3) is 0 Å². The lowest BCUT2D eigenvalue weighted by Gasteiger charge is -2.19. The van der Waals surface area contributed by atoms with Crippen LogP contribution in [-0.2, 0) is 0 Å². The summed E-state index contributed by atoms with van der Waals surface area (Å²) in [6.45, 7) is 2.80. The van der Waals surface area contributed by atoms with E-state index in [1.165, 1.54) is 0 Å². The number of aromatic nitrogens is 1. The Balaban J connectivity index is 2.82. The minimum Gasteiger partial charge on any atom is -0.395 e. The number of nitrogens with zero attached hydrogens (tertiary/aromatic N) is 2. The molecule has 1 N–H and O–H groups in total. The molecule has 0 radical (unpaired) electrons. The van der Waals surface area contributed by atoms with Gasteiger partial charge in [0.25, 0.3) is 5.91 Å². The van der Waals surface area contributed by atoms with Gasteiger partial charge < -0.3 is 10.0 Å². The van der Waals surface area contributed by atoms with E-state index >= 15 is 0 Å². The zero-order chi connectivity index (χ0) is 11.3. The summed E-state index contributed by atoms with van der Waals surface area (Å²) in [6, 6.07) is 3.33. The van der Waals surface area contributed by atoms with Crippen LogP contribution >= 0.6 is 15.9 Å². The Morgan fingerprint density at radius 3 is 2.93 bits per heavy atom. The van der Waals surface area contributed by atoms with Crippen LogP contribution in [0.2, 0.25) is 0 Å². The fourth-order valence-corrected chi connectivity index (χ4v) is 1.61. The highest BCUT2D eigenvalue weighted by Crippen LogP contribution is 2.10. The van der Waals surface area contributed by atoms with E-state index < -0.39 is 0 Å². The summed E-state index contributed by atoms with van der Waals surface area (Å²) in [6.07, 6.45) is 1.57. The lowest BCUT2D eigenvalue weighted by Crippen LogP contribution is -2.33. The highest BCUT2D eigenvalue weighted by atomic mass is 79.9. The Kier molecular flexibility index (Phi) is 4.71. The predicted octanol–water partition coefficient (Wildman–Crippen LogP) is 1.30. The molecule has 82 valence electrons. The first-order chi connectivity index (χ1) is 7.19. The van der Waals surface area contributed by atoms with Crippen LogP contribution in [0.1, 0.15) is 17.3 Å². The van der Waals surface area contributed by atoms with Gasteiger partial charge in [0, 0.05) is 24.8 Å². The van der Waals surface area contributed by atoms with E-state index in [4.69, 9.17) is 5.11 Å². The molecule has 0 unspecified atom stereocenters. The SMILES string of the molecule is CCN(CCO)C(=O)c1ccnc(Br)c1. The van der Waals surface area contributed by atoms with Crippen molar-refractivity contribution < 1.29 is 9.90 Å². The van der Waals surface area contributed by atoms with Crippen molar-refractivity contribution in [2.75, 3.05) is 19.7 Å². The largest absolute Gasteiger partial charge is 0.395 e. The molecule has 0 bridgehead atoms. The van der Waals surface area contributed by atoms with Gasteiger partial charge in [-0.2, -0.15) is 0 Å². The molecule has 4 nitrogen and oxygen atoms in total. The summed E-state index contributed by atoms with van der Waals surface area (Å²) in [4.78, 5) is 17.4. The van der Waals surface area contributed by atoms with E-state index in [1.54, 1.807) is 23.2 Å². The highest BCUT2D eigenvalue weighted by Gasteiger charge is 2.13. The summed E-state index contributed by atoms with van der Waals surface area (Å²) < 4.78 is 0.633. The monoisotopic (exact) mass is 272 g/mol. The Morgan fingerprint density at radius 1 is 1.67 bits per heavy atom. The molecule has 0 spiro atoms. The van der Waals surface area contributed by atoms with Gasteiger partial charge >= 0.3 is 0 Å². The van der Waals surface area contributed by atoms with E-state index in [-0.39, 0.29) is 12.5 Å². The standard InChI is InChI=1S/C10H13BrN2O2/c1-2-13(5-6-14)10(15)8-3-4-12-9(11)7-8/h3-4,7,14H,2,5-6H2,1H3. The van der Waals surface area contributed by atoms with Crippen LogP contribution in [0.5, 0.6) is 0 Å². The maximum absolute atomic E-state index is 11.9. The number of aliphatic hydroxyl groups is 1. The van der Waals surface area contributed by atoms with Gasteiger partial charge in [0.1, 0.15) is 4.60 Å². The van der Waals surface area contributed by atoms with Gasteiger partial charge in [-0.1, -0.05) is 0 Å². The number of carbonyl (C=O) groups is 1. The van der Waals surface area contributed by atoms with Gasteiger partial charge in [0.15, 0.2) is 0 Å². The first kappa shape index (κ1) is 12.1. The van der Waals surface area contributed by atoms with Crippen LogP contribution in [-0.4, -0.2) is 40.6 Å². The van der Waals surface area contributed by atoms with E-state index in [2.05, 4.69) is 20.9 Å². The normalized spacial score (nSPS) is 10.1. The molecule has 0 aliphatic rings. The van der Waals surface area contributed by atoms with Crippen LogP contribution < -0.4 is 0 Å². The number of hydrogen-bond acceptors (Lipinski definition) is 3. The minimum atomic E-state index is -0.0883. The zero-order valence-electron chi connectivity index (χ0n) is 8.48. The predicted molar refractivity (Wildman–Crippen MR) is 60.6 cm³/mol. The summed E-state index contributed by atoms with van der Waals surface area (Å²) in [5, 5.41) is 8.80. The number of carbonyl (C=O) groups excluding carboxylic acids is 1. The first-order valence-electron chi connectivity index (χ1n) is 4.70. The Labute approximate surface area is 97.1 Å². The average molecular weight is 273 g/mol. The number of rotatable bonds is 4. The molecule has 0 saturated carbocycles. The topological polar surface area (TPSA) is 53.4 Å². The van der Waals surface area contributed by atoms with Crippen LogP contribution in [0.3, 0.4) is 0 Å². The van der Waals surface area contributed by atoms with Gasteiger partial charge in [-0.05, 0) is 35.0 Å². The maximum atomic E-state index is 11.9. The number of halogens is 1. The van der Waals surface area contributed by atoms with E-state index in [9.17, 15) is 4.79 Å². The molecule has 1 heterocycles. The second-order valence-corrected chi connectivity index (χ2v) is 3.79. The van der Waals surface area contributed by atoms with Gasteiger partial charge in [0.2, 0.25) is 0 Å². The molecule has 0 saturated heterocycles. The Hall–Kier alpha value is -0.940. The second kappa shape index (κ2) is 5.82. The second-order valence-electron chi connectivity index (χ2n) is 2.98. The number of likely N-dealkylation sites (N-methyl/N-ethyl adjacent to an activating group) is 1. The molecule has 1 rings (SSSR count). The molecule has 0 fully saturated rings. The third-order valence-corrected chi connectivity index (χ3v) is 2.45. The van der Waals surface area contributed by atoms with Crippen molar-refractivity contribution in [3.05, 3.63) is 28.5 Å². The smallest absolute Gasteiger partial charge is 0.254 e. The maximum Gasteiger partial charge on any atom is 0.254 e. The molecular weight excluding hydrogens is 260 g/mol. The molecule has 15 heavy (non-hydrogen) atoms. The minimum absolute atomic E-state index is 0.0220. The molecule has 0 aliphatic carbocycles. The number of hydrogen-bond donors (Lipinski definition) is 1. The van der Waals surface area contributed by atoms with Crippen LogP contribution in [0, 0.1) is 0 Å². The van der Waals surface area contributed by atoms with Crippen molar-refractivity contribution in [2.45, 2.75) is 6.92 Å². The number of pyridine rings is 1. The molecule has 1 aromatic heterocycles. The van der Waals surface area contributed by atoms with Crippen molar-refractivity contribution in [3.8, 4) is 0 Å². The van der Waals surface area contributed by atoms with Crippen molar-refractivity contribution >= 4 is 21.8 Å². The molecule has 5 heteroatoms. The van der Waals surface area contributed by atoms with E-state index in [0.29, 0.717) is 23.3 Å². The summed E-state index contributed by atoms with van der Waals surface area (Å²) in [7, 11) is 0. The lowest BCUT2D eigenvalue weighted by molar-refractivity contribution is 0.0732. The lowest BCUT2D eigenvalue weighted by atomic mass is 10.2. The van der Waals surface area contributed by atoms with Gasteiger partial charge in [-0.25, -0.2) is 4.98 Å². The van der Waals surface area contributed by atoms with Gasteiger partial charge in [-0.3, -0.25) is 4.79 Å². The summed E-state index contributed by atoms with van der Waals surface area (Å²) in [5.74, 6) is -0.0883. The quantitative estimate of drug-likeness (QED) is 0.841. The fraction of sp³-hybridized carbons (Fsp3) is 0.400. The van der Waals surface area contributed by atoms with E-state index in [1.807, 2.05) is 6.92 Å². The van der Waals surface area contributed by atoms with Crippen LogP contribution in [0.15, 0.2) is 22.9 Å². The van der Waals surface area contributed by atoms with Crippen LogP contribution in [0.4, 0.5) is 0 Å². The van der Waals surface area contributed by atoms with Crippen molar-refractivity contribution in [1.29, 1.82) is 0 Å². The number of amides is 1. The van der Waals surface area contributed by atoms with Crippen molar-refractivity contribution in [1.82, 2.24) is 9.88 Å². The van der Waals surface area contributed by atoms with Crippen molar-refractivity contribution in [2.24, 2.45) is 0 Å². The highest BCUT2D eigenvalue weighted by molar-refractivity contribution is 9.10. The Bertz CT molecular complexity index is 344. The third-order valence-electron chi connectivity index (χ3n) is 2.01. The molecule has 1 aromatic rings. The number of aliphatic hydroxyl groups excluding tert-OH is 1. The molecule has 0 aliphatic heterocycles. The van der Waals surface area contributed by atoms with Gasteiger partial charge in [0.05, 0.1) is 6.61 Å². The molecule has 1 amide bonds. The third kappa shape index (κ3) is 3.28. The van der Waals surface area contributed by atoms with E-state index in [0.717, 1.165) is 0 Å². The summed E-state index contributed by atoms with van der Waals surface area (Å²) >= 11 is 3.21. The zero-order valence-corrected chi connectivity index (χ0v) is 10.1. The summed E-state index contributed by atoms with van der Waals surface area (Å²) in [5.41, 5.74) is 0.576. The molecule has 0 aromatic carbocycles. The van der Waals surface area contributed by atoms with Gasteiger partial charge in [-0.15, -0.1) is 0 Å². The average Bonchev–Trinajstić information content (AvgIpc) is 2.25. The molecular formula is C10H13BrN2O2. The molecule has 0 atom stereocenters. The Morgan fingerprint density at radius 2 is 2.40 bits per heavy atom. The first-order valence-corrected chi connectivity index (χ1v) is 5.50. The van der Waals surface area contributed by atoms with Crippen molar-refractivity contribution in [3.63, 3.8) is 0 Å².